The molecule has 0 fully saturated rings. The molecule has 6 nitrogen and oxygen atoms in total. The predicted molar refractivity (Wildman–Crippen MR) is 114 cm³/mol. The van der Waals surface area contributed by atoms with Crippen molar-refractivity contribution in [3.63, 3.8) is 0 Å². The number of aromatic nitrogens is 1. The maximum absolute atomic E-state index is 11.3. The van der Waals surface area contributed by atoms with E-state index in [4.69, 9.17) is 0 Å². The lowest BCUT2D eigenvalue weighted by molar-refractivity contribution is -0.657. The van der Waals surface area contributed by atoms with Gasteiger partial charge in [-0.05, 0) is 24.3 Å². The first-order valence-electron chi connectivity index (χ1n) is 8.80. The van der Waals surface area contributed by atoms with E-state index in [0.717, 1.165) is 30.8 Å². The molecular weight excluding hydrogens is 408 g/mol. The molecule has 0 saturated carbocycles. The number of carboxylic acids is 2. The molecule has 2 heterocycles. The summed E-state index contributed by atoms with van der Waals surface area (Å²) in [5.41, 5.74) is 1.75. The van der Waals surface area contributed by atoms with Gasteiger partial charge in [-0.3, -0.25) is 4.79 Å². The number of carbonyl (C=O) groups is 2. The van der Waals surface area contributed by atoms with Crippen LogP contribution in [0.15, 0.2) is 70.6 Å². The molecule has 1 aliphatic heterocycles. The number of thiazole rings is 1. The maximum atomic E-state index is 11.3. The Hall–Kier alpha value is -3.10. The van der Waals surface area contributed by atoms with Gasteiger partial charge < -0.3 is 15.1 Å². The monoisotopic (exact) mass is 425 g/mol. The van der Waals surface area contributed by atoms with Crippen molar-refractivity contribution in [2.45, 2.75) is 11.4 Å². The number of thioether (sulfide) groups is 1. The second kappa shape index (κ2) is 8.10. The van der Waals surface area contributed by atoms with Crippen LogP contribution in [-0.4, -0.2) is 28.7 Å². The van der Waals surface area contributed by atoms with Gasteiger partial charge in [0.2, 0.25) is 12.1 Å². The minimum absolute atomic E-state index is 0.119. The summed E-state index contributed by atoms with van der Waals surface area (Å²) >= 11 is 3.03. The molecule has 1 aliphatic rings. The molecular formula is C21H17N2O4S2+. The molecule has 0 atom stereocenters. The smallest absolute Gasteiger partial charge is 0.370 e. The van der Waals surface area contributed by atoms with Crippen LogP contribution >= 0.6 is 23.1 Å². The van der Waals surface area contributed by atoms with Crippen LogP contribution in [0.1, 0.15) is 5.01 Å². The summed E-state index contributed by atoms with van der Waals surface area (Å²) in [6.45, 7) is -0.239. The van der Waals surface area contributed by atoms with E-state index in [-0.39, 0.29) is 13.1 Å². The van der Waals surface area contributed by atoms with Crippen LogP contribution < -0.4 is 9.47 Å². The van der Waals surface area contributed by atoms with E-state index in [1.807, 2.05) is 66.8 Å². The van der Waals surface area contributed by atoms with E-state index in [1.165, 1.54) is 23.1 Å². The number of nitrogens with zero attached hydrogens (tertiary/aromatic N) is 2. The van der Waals surface area contributed by atoms with Gasteiger partial charge in [0.05, 0.1) is 10.7 Å². The van der Waals surface area contributed by atoms with E-state index in [9.17, 15) is 19.8 Å². The Morgan fingerprint density at radius 2 is 1.79 bits per heavy atom. The third-order valence-electron chi connectivity index (χ3n) is 4.34. The Labute approximate surface area is 175 Å². The Bertz CT molecular complexity index is 1170. The van der Waals surface area contributed by atoms with Crippen molar-refractivity contribution in [3.05, 3.63) is 70.7 Å². The molecule has 146 valence electrons. The number of rotatable bonds is 6. The van der Waals surface area contributed by atoms with Gasteiger partial charge >= 0.3 is 11.9 Å². The number of hydrogen-bond acceptors (Lipinski definition) is 5. The van der Waals surface area contributed by atoms with Gasteiger partial charge in [-0.2, -0.15) is 4.57 Å². The molecule has 0 aliphatic carbocycles. The van der Waals surface area contributed by atoms with Crippen molar-refractivity contribution in [3.8, 4) is 0 Å². The predicted octanol–water partition coefficient (Wildman–Crippen LogP) is 3.82. The van der Waals surface area contributed by atoms with Gasteiger partial charge in [-0.1, -0.05) is 53.4 Å². The Morgan fingerprint density at radius 3 is 2.59 bits per heavy atom. The highest BCUT2D eigenvalue weighted by Crippen LogP contribution is 2.45. The van der Waals surface area contributed by atoms with Crippen LogP contribution in [0.2, 0.25) is 0 Å². The van der Waals surface area contributed by atoms with Crippen LogP contribution in [0, 0.1) is 0 Å². The summed E-state index contributed by atoms with van der Waals surface area (Å²) < 4.78 is 2.78. The number of benzene rings is 2. The van der Waals surface area contributed by atoms with Gasteiger partial charge in [0.25, 0.3) is 5.01 Å². The molecule has 0 bridgehead atoms. The molecule has 2 N–H and O–H groups in total. The average Bonchev–Trinajstić information content (AvgIpc) is 3.20. The van der Waals surface area contributed by atoms with Crippen LogP contribution in [0.4, 0.5) is 5.69 Å². The summed E-state index contributed by atoms with van der Waals surface area (Å²) in [6.07, 6.45) is 5.57. The molecule has 3 aromatic rings. The molecule has 4 rings (SSSR count). The number of anilines is 1. The third-order valence-corrected chi connectivity index (χ3v) is 6.60. The van der Waals surface area contributed by atoms with Crippen molar-refractivity contribution in [2.24, 2.45) is 0 Å². The van der Waals surface area contributed by atoms with E-state index < -0.39 is 11.9 Å². The highest BCUT2D eigenvalue weighted by atomic mass is 32.2. The van der Waals surface area contributed by atoms with Crippen molar-refractivity contribution in [2.75, 3.05) is 11.4 Å². The largest absolute Gasteiger partial charge is 0.480 e. The number of para-hydroxylation sites is 2. The average molecular weight is 426 g/mol. The Balaban J connectivity index is 1.67. The first kappa shape index (κ1) is 19.2. The van der Waals surface area contributed by atoms with E-state index in [1.54, 1.807) is 9.47 Å². The number of aliphatic carboxylic acids is 2. The molecule has 29 heavy (non-hydrogen) atoms. The van der Waals surface area contributed by atoms with Crippen LogP contribution in [0.3, 0.4) is 0 Å². The molecule has 1 aromatic heterocycles. The van der Waals surface area contributed by atoms with Gasteiger partial charge in [-0.15, -0.1) is 0 Å². The lowest BCUT2D eigenvalue weighted by Crippen LogP contribution is -2.39. The fourth-order valence-corrected chi connectivity index (χ4v) is 5.31. The molecule has 0 radical (unpaired) electrons. The van der Waals surface area contributed by atoms with Crippen molar-refractivity contribution >= 4 is 57.0 Å². The summed E-state index contributed by atoms with van der Waals surface area (Å²) in [5.74, 6) is -1.80. The van der Waals surface area contributed by atoms with Gasteiger partial charge in [0.15, 0.2) is 0 Å². The Kier molecular flexibility index (Phi) is 5.37. The minimum Gasteiger partial charge on any atom is -0.480 e. The van der Waals surface area contributed by atoms with Crippen LogP contribution in [0.5, 0.6) is 0 Å². The molecule has 0 saturated heterocycles. The number of fused-ring (bicyclic) bond motifs is 2. The van der Waals surface area contributed by atoms with Gasteiger partial charge in [-0.25, -0.2) is 4.79 Å². The third kappa shape index (κ3) is 4.03. The second-order valence-electron chi connectivity index (χ2n) is 6.30. The van der Waals surface area contributed by atoms with Gasteiger partial charge in [0.1, 0.15) is 11.2 Å². The van der Waals surface area contributed by atoms with E-state index in [0.29, 0.717) is 0 Å². The summed E-state index contributed by atoms with van der Waals surface area (Å²) in [6, 6.07) is 15.4. The van der Waals surface area contributed by atoms with E-state index >= 15 is 0 Å². The zero-order chi connectivity index (χ0) is 20.4. The normalized spacial score (nSPS) is 14.8. The molecule has 0 unspecified atom stereocenters. The van der Waals surface area contributed by atoms with Crippen molar-refractivity contribution in [1.29, 1.82) is 0 Å². The minimum atomic E-state index is -0.902. The van der Waals surface area contributed by atoms with Crippen LogP contribution in [0.25, 0.3) is 16.3 Å². The lowest BCUT2D eigenvalue weighted by Gasteiger charge is -2.17. The quantitative estimate of drug-likeness (QED) is 0.585. The molecule has 0 amide bonds. The standard InChI is InChI=1S/C21H16N2O4S2/c24-20(25)12-22-14-6-1-3-8-16(14)28-18(22)10-5-11-19-23(13-21(26)27)15-7-2-4-9-17(15)29-19/h1-11H,12-13H2,(H-,24,25,26,27)/p+1. The first-order chi connectivity index (χ1) is 14.0. The second-order valence-corrected chi connectivity index (χ2v) is 8.43. The molecule has 2 aromatic carbocycles. The van der Waals surface area contributed by atoms with Gasteiger partial charge in [0, 0.05) is 17.0 Å². The lowest BCUT2D eigenvalue weighted by atomic mass is 10.3. The zero-order valence-electron chi connectivity index (χ0n) is 15.2. The van der Waals surface area contributed by atoms with Crippen molar-refractivity contribution < 1.29 is 24.4 Å². The van der Waals surface area contributed by atoms with Crippen molar-refractivity contribution in [1.82, 2.24) is 0 Å². The summed E-state index contributed by atoms with van der Waals surface area (Å²) in [5, 5.41) is 20.2. The highest BCUT2D eigenvalue weighted by molar-refractivity contribution is 8.03. The van der Waals surface area contributed by atoms with E-state index in [2.05, 4.69) is 0 Å². The SMILES string of the molecule is O=C(O)CN1/C(=C\C=C\c2sc3ccccc3[n+]2CC(=O)O)Sc2ccccc21. The first-order valence-corrected chi connectivity index (χ1v) is 10.4. The molecule has 0 spiro atoms. The maximum Gasteiger partial charge on any atom is 0.370 e. The Morgan fingerprint density at radius 1 is 1.03 bits per heavy atom. The summed E-state index contributed by atoms with van der Waals surface area (Å²) in [4.78, 5) is 25.4. The zero-order valence-corrected chi connectivity index (χ0v) is 16.8. The highest BCUT2D eigenvalue weighted by Gasteiger charge is 2.26. The fourth-order valence-electron chi connectivity index (χ4n) is 3.16. The summed E-state index contributed by atoms with van der Waals surface area (Å²) in [7, 11) is 0. The molecule has 8 heteroatoms. The number of carboxylic acid groups (broad SMARTS) is 2. The topological polar surface area (TPSA) is 81.7 Å². The fraction of sp³-hybridized carbons (Fsp3) is 0.0952. The van der Waals surface area contributed by atoms with Crippen LogP contribution in [-0.2, 0) is 16.1 Å². The number of hydrogen-bond donors (Lipinski definition) is 2. The number of allylic oxidation sites excluding steroid dienone is 2.